The lowest BCUT2D eigenvalue weighted by Gasteiger charge is -2.09. The summed E-state index contributed by atoms with van der Waals surface area (Å²) < 4.78 is 0. The number of nitrogens with two attached hydrogens (primary N) is 2. The number of hydrogen-bond donors (Lipinski definition) is 2. The third-order valence-electron chi connectivity index (χ3n) is 2.19. The predicted octanol–water partition coefficient (Wildman–Crippen LogP) is 1.79. The first-order valence-corrected chi connectivity index (χ1v) is 5.77. The van der Waals surface area contributed by atoms with Crippen molar-refractivity contribution >= 4 is 23.4 Å². The second kappa shape index (κ2) is 5.07. The van der Waals surface area contributed by atoms with Crippen molar-refractivity contribution in [3.05, 3.63) is 23.8 Å². The molecule has 1 unspecified atom stereocenters. The molecule has 0 aliphatic carbocycles. The molecule has 4 N–H and O–H groups in total. The monoisotopic (exact) mass is 224 g/mol. The highest BCUT2D eigenvalue weighted by atomic mass is 32.2. The number of primary amides is 1. The Kier molecular flexibility index (Phi) is 4.03. The highest BCUT2D eigenvalue weighted by molar-refractivity contribution is 7.99. The molecule has 1 aromatic rings. The summed E-state index contributed by atoms with van der Waals surface area (Å²) in [5.74, 6) is 0.319. The third kappa shape index (κ3) is 3.47. The SMILES string of the molecule is Cc1ccc(N)cc1SCC(C)C(N)=O. The van der Waals surface area contributed by atoms with Gasteiger partial charge in [-0.1, -0.05) is 13.0 Å². The zero-order valence-corrected chi connectivity index (χ0v) is 9.80. The number of anilines is 1. The Bertz CT molecular complexity index is 366. The fraction of sp³-hybridized carbons (Fsp3) is 0.364. The number of carbonyl (C=O) groups excluding carboxylic acids is 1. The van der Waals surface area contributed by atoms with Crippen LogP contribution in [0.4, 0.5) is 5.69 Å². The molecule has 0 heterocycles. The van der Waals surface area contributed by atoms with Crippen molar-refractivity contribution in [2.45, 2.75) is 18.7 Å². The van der Waals surface area contributed by atoms with Crippen molar-refractivity contribution in [3.8, 4) is 0 Å². The summed E-state index contributed by atoms with van der Waals surface area (Å²) >= 11 is 1.62. The van der Waals surface area contributed by atoms with Gasteiger partial charge in [-0.3, -0.25) is 4.79 Å². The van der Waals surface area contributed by atoms with E-state index in [2.05, 4.69) is 0 Å². The van der Waals surface area contributed by atoms with Crippen molar-refractivity contribution in [2.24, 2.45) is 11.7 Å². The molecule has 0 aromatic heterocycles. The molecule has 0 aliphatic heterocycles. The van der Waals surface area contributed by atoms with Crippen LogP contribution in [0.5, 0.6) is 0 Å². The summed E-state index contributed by atoms with van der Waals surface area (Å²) in [6, 6.07) is 5.78. The van der Waals surface area contributed by atoms with Crippen LogP contribution in [0, 0.1) is 12.8 Å². The first-order valence-electron chi connectivity index (χ1n) is 4.79. The summed E-state index contributed by atoms with van der Waals surface area (Å²) in [5.41, 5.74) is 12.8. The molecule has 0 saturated heterocycles. The quantitative estimate of drug-likeness (QED) is 0.605. The van der Waals surface area contributed by atoms with E-state index in [1.165, 1.54) is 5.56 Å². The minimum atomic E-state index is -0.260. The maximum atomic E-state index is 10.9. The van der Waals surface area contributed by atoms with E-state index in [-0.39, 0.29) is 11.8 Å². The summed E-state index contributed by atoms with van der Waals surface area (Å²) in [7, 11) is 0. The van der Waals surface area contributed by atoms with Gasteiger partial charge in [-0.05, 0) is 24.6 Å². The van der Waals surface area contributed by atoms with E-state index in [1.807, 2.05) is 32.0 Å². The number of benzene rings is 1. The smallest absolute Gasteiger partial charge is 0.221 e. The lowest BCUT2D eigenvalue weighted by atomic mass is 10.2. The van der Waals surface area contributed by atoms with Gasteiger partial charge in [0.25, 0.3) is 0 Å². The number of rotatable bonds is 4. The number of thioether (sulfide) groups is 1. The van der Waals surface area contributed by atoms with Crippen molar-refractivity contribution in [1.82, 2.24) is 0 Å². The third-order valence-corrected chi connectivity index (χ3v) is 3.60. The summed E-state index contributed by atoms with van der Waals surface area (Å²) in [5, 5.41) is 0. The van der Waals surface area contributed by atoms with Gasteiger partial charge in [0.05, 0.1) is 0 Å². The number of hydrogen-bond acceptors (Lipinski definition) is 3. The summed E-state index contributed by atoms with van der Waals surface area (Å²) in [6.45, 7) is 3.85. The van der Waals surface area contributed by atoms with Crippen molar-refractivity contribution < 1.29 is 4.79 Å². The molecule has 0 aliphatic rings. The Morgan fingerprint density at radius 2 is 2.20 bits per heavy atom. The lowest BCUT2D eigenvalue weighted by molar-refractivity contribution is -0.120. The Morgan fingerprint density at radius 3 is 2.80 bits per heavy atom. The van der Waals surface area contributed by atoms with Gasteiger partial charge in [0.2, 0.25) is 5.91 Å². The van der Waals surface area contributed by atoms with Gasteiger partial charge in [-0.25, -0.2) is 0 Å². The van der Waals surface area contributed by atoms with E-state index in [1.54, 1.807) is 11.8 Å². The molecule has 15 heavy (non-hydrogen) atoms. The van der Waals surface area contributed by atoms with Gasteiger partial charge in [0.1, 0.15) is 0 Å². The fourth-order valence-corrected chi connectivity index (χ4v) is 2.18. The highest BCUT2D eigenvalue weighted by Crippen LogP contribution is 2.26. The summed E-state index contributed by atoms with van der Waals surface area (Å²) in [4.78, 5) is 12.0. The first-order chi connectivity index (χ1) is 7.00. The van der Waals surface area contributed by atoms with Crippen LogP contribution in [0.1, 0.15) is 12.5 Å². The molecule has 0 saturated carbocycles. The second-order valence-corrected chi connectivity index (χ2v) is 4.70. The minimum Gasteiger partial charge on any atom is -0.399 e. The maximum Gasteiger partial charge on any atom is 0.221 e. The van der Waals surface area contributed by atoms with Crippen LogP contribution in [-0.2, 0) is 4.79 Å². The second-order valence-electron chi connectivity index (χ2n) is 3.64. The van der Waals surface area contributed by atoms with Crippen LogP contribution in [0.3, 0.4) is 0 Å². The molecule has 0 fully saturated rings. The van der Waals surface area contributed by atoms with Gasteiger partial charge in [0.15, 0.2) is 0 Å². The average Bonchev–Trinajstić information content (AvgIpc) is 2.18. The van der Waals surface area contributed by atoms with Gasteiger partial charge in [0, 0.05) is 22.3 Å². The van der Waals surface area contributed by atoms with Crippen LogP contribution >= 0.6 is 11.8 Å². The zero-order chi connectivity index (χ0) is 11.4. The average molecular weight is 224 g/mol. The predicted molar refractivity (Wildman–Crippen MR) is 64.7 cm³/mol. The van der Waals surface area contributed by atoms with Crippen LogP contribution in [0.15, 0.2) is 23.1 Å². The molecule has 1 amide bonds. The normalized spacial score (nSPS) is 12.4. The van der Waals surface area contributed by atoms with Gasteiger partial charge >= 0.3 is 0 Å². The molecule has 0 radical (unpaired) electrons. The highest BCUT2D eigenvalue weighted by Gasteiger charge is 2.09. The molecule has 0 bridgehead atoms. The number of amides is 1. The zero-order valence-electron chi connectivity index (χ0n) is 8.99. The van der Waals surface area contributed by atoms with E-state index in [0.29, 0.717) is 5.75 Å². The fourth-order valence-electron chi connectivity index (χ4n) is 1.07. The molecule has 1 atom stereocenters. The molecule has 4 heteroatoms. The largest absolute Gasteiger partial charge is 0.399 e. The van der Waals surface area contributed by atoms with E-state index < -0.39 is 0 Å². The standard InChI is InChI=1S/C11H16N2OS/c1-7-3-4-9(12)5-10(7)15-6-8(2)11(13)14/h3-5,8H,6,12H2,1-2H3,(H2,13,14). The van der Waals surface area contributed by atoms with E-state index in [0.717, 1.165) is 10.6 Å². The molecule has 1 aromatic carbocycles. The number of aryl methyl sites for hydroxylation is 1. The van der Waals surface area contributed by atoms with Gasteiger partial charge < -0.3 is 11.5 Å². The van der Waals surface area contributed by atoms with Crippen LogP contribution in [-0.4, -0.2) is 11.7 Å². The number of carbonyl (C=O) groups is 1. The van der Waals surface area contributed by atoms with E-state index >= 15 is 0 Å². The van der Waals surface area contributed by atoms with Gasteiger partial charge in [-0.15, -0.1) is 11.8 Å². The first kappa shape index (κ1) is 11.9. The van der Waals surface area contributed by atoms with Gasteiger partial charge in [-0.2, -0.15) is 0 Å². The van der Waals surface area contributed by atoms with Crippen molar-refractivity contribution in [3.63, 3.8) is 0 Å². The topological polar surface area (TPSA) is 69.1 Å². The number of nitrogen functional groups attached to an aromatic ring is 1. The minimum absolute atomic E-state index is 0.115. The molecular formula is C11H16N2OS. The maximum absolute atomic E-state index is 10.9. The Morgan fingerprint density at radius 1 is 1.53 bits per heavy atom. The van der Waals surface area contributed by atoms with E-state index in [9.17, 15) is 4.79 Å². The molecular weight excluding hydrogens is 208 g/mol. The van der Waals surface area contributed by atoms with Crippen molar-refractivity contribution in [1.29, 1.82) is 0 Å². The van der Waals surface area contributed by atoms with E-state index in [4.69, 9.17) is 11.5 Å². The van der Waals surface area contributed by atoms with Crippen LogP contribution in [0.25, 0.3) is 0 Å². The van der Waals surface area contributed by atoms with Crippen LogP contribution < -0.4 is 11.5 Å². The Hall–Kier alpha value is -1.16. The molecule has 0 spiro atoms. The molecule has 1 rings (SSSR count). The van der Waals surface area contributed by atoms with Crippen LogP contribution in [0.2, 0.25) is 0 Å². The Labute approximate surface area is 94.2 Å². The summed E-state index contributed by atoms with van der Waals surface area (Å²) in [6.07, 6.45) is 0. The lowest BCUT2D eigenvalue weighted by Crippen LogP contribution is -2.22. The van der Waals surface area contributed by atoms with Crippen molar-refractivity contribution in [2.75, 3.05) is 11.5 Å². The molecule has 3 nitrogen and oxygen atoms in total. The molecule has 82 valence electrons. The Balaban J connectivity index is 2.65.